The summed E-state index contributed by atoms with van der Waals surface area (Å²) in [4.78, 5) is 68.8. The topological polar surface area (TPSA) is 144 Å². The maximum absolute atomic E-state index is 13.5. The van der Waals surface area contributed by atoms with Gasteiger partial charge in [0.15, 0.2) is 0 Å². The molecule has 0 aromatic heterocycles. The number of benzene rings is 2. The Hall–Kier alpha value is -4.61. The van der Waals surface area contributed by atoms with E-state index in [0.29, 0.717) is 57.8 Å². The van der Waals surface area contributed by atoms with Crippen molar-refractivity contribution in [2.75, 3.05) is 39.8 Å². The third-order valence-electron chi connectivity index (χ3n) is 9.29. The fourth-order valence-electron chi connectivity index (χ4n) is 6.34. The number of rotatable bonds is 14. The molecule has 2 saturated heterocycles. The van der Waals surface area contributed by atoms with E-state index in [4.69, 9.17) is 14.2 Å². The van der Waals surface area contributed by atoms with Crippen LogP contribution in [0.4, 0.5) is 4.79 Å². The zero-order valence-corrected chi connectivity index (χ0v) is 30.5. The summed E-state index contributed by atoms with van der Waals surface area (Å²) >= 11 is 0. The van der Waals surface area contributed by atoms with Crippen molar-refractivity contribution < 1.29 is 38.2 Å². The van der Waals surface area contributed by atoms with Gasteiger partial charge in [-0.3, -0.25) is 14.4 Å². The highest BCUT2D eigenvalue weighted by Crippen LogP contribution is 2.25. The molecule has 2 heterocycles. The predicted octanol–water partition coefficient (Wildman–Crippen LogP) is 4.64. The van der Waals surface area contributed by atoms with Crippen molar-refractivity contribution >= 4 is 29.8 Å². The lowest BCUT2D eigenvalue weighted by Gasteiger charge is -2.35. The molecule has 0 unspecified atom stereocenters. The number of nitrogens with zero attached hydrogens (tertiary/aromatic N) is 2. The first-order chi connectivity index (χ1) is 24.4. The van der Waals surface area contributed by atoms with E-state index in [2.05, 4.69) is 10.6 Å². The first kappa shape index (κ1) is 39.2. The number of esters is 1. The van der Waals surface area contributed by atoms with Crippen LogP contribution in [0.3, 0.4) is 0 Å². The first-order valence-corrected chi connectivity index (χ1v) is 18.1. The molecule has 0 spiro atoms. The average molecular weight is 707 g/mol. The van der Waals surface area contributed by atoms with E-state index in [1.807, 2.05) is 75.4 Å². The number of ether oxygens (including phenoxy) is 3. The molecular weight excluding hydrogens is 652 g/mol. The maximum Gasteiger partial charge on any atom is 0.410 e. The highest BCUT2D eigenvalue weighted by Gasteiger charge is 2.33. The highest BCUT2D eigenvalue weighted by atomic mass is 16.6. The Bertz CT molecular complexity index is 1450. The van der Waals surface area contributed by atoms with Crippen molar-refractivity contribution in [3.8, 4) is 5.75 Å². The minimum atomic E-state index is -1.18. The summed E-state index contributed by atoms with van der Waals surface area (Å²) in [5, 5.41) is 5.62. The van der Waals surface area contributed by atoms with Gasteiger partial charge < -0.3 is 34.6 Å². The summed E-state index contributed by atoms with van der Waals surface area (Å²) in [6, 6.07) is 15.6. The predicted molar refractivity (Wildman–Crippen MR) is 192 cm³/mol. The molecule has 4 amide bonds. The van der Waals surface area contributed by atoms with Crippen LogP contribution >= 0.6 is 0 Å². The third-order valence-corrected chi connectivity index (χ3v) is 9.29. The van der Waals surface area contributed by atoms with E-state index in [1.165, 1.54) is 0 Å². The molecule has 0 radical (unpaired) electrons. The number of nitrogens with one attached hydrogen (secondary N) is 2. The molecule has 2 aliphatic rings. The Kier molecular flexibility index (Phi) is 14.7. The number of likely N-dealkylation sites (tertiary alicyclic amines) is 2. The molecular formula is C39H54N4O8. The number of piperidine rings is 2. The van der Waals surface area contributed by atoms with Crippen LogP contribution in [0.2, 0.25) is 0 Å². The van der Waals surface area contributed by atoms with E-state index < -0.39 is 23.5 Å². The van der Waals surface area contributed by atoms with Gasteiger partial charge in [0.1, 0.15) is 24.0 Å². The van der Waals surface area contributed by atoms with Gasteiger partial charge in [0, 0.05) is 39.1 Å². The van der Waals surface area contributed by atoms with Gasteiger partial charge in [-0.2, -0.15) is 0 Å². The monoisotopic (exact) mass is 706 g/mol. The summed E-state index contributed by atoms with van der Waals surface area (Å²) in [5.74, 6) is -0.896. The standard InChI is InChI=1S/C39H54N4O8/c1-39(2,3)51-38(48)42-23-19-29(20-24-42)14-17-35(45)43-22-8-11-31(26-43)36(46)41-33(37(47)50-27-30-9-6-5-7-10-30)25-34(44)40-21-18-28-12-15-32(49-4)16-13-28/h5-7,9-10,12-13,15-16,29,31,33H,8,11,14,17-27H2,1-4H3,(H,40,44)(H,41,46)/t31-,33+/m1/s1. The fourth-order valence-corrected chi connectivity index (χ4v) is 6.34. The number of methoxy groups -OCH3 is 1. The number of amides is 4. The summed E-state index contributed by atoms with van der Waals surface area (Å²) in [5.41, 5.74) is 1.27. The van der Waals surface area contributed by atoms with Gasteiger partial charge in [0.25, 0.3) is 0 Å². The Morgan fingerprint density at radius 2 is 1.59 bits per heavy atom. The Labute approximate surface area is 301 Å². The van der Waals surface area contributed by atoms with E-state index in [0.717, 1.165) is 36.1 Å². The maximum atomic E-state index is 13.5. The smallest absolute Gasteiger partial charge is 0.410 e. The Balaban J connectivity index is 1.27. The first-order valence-electron chi connectivity index (χ1n) is 18.1. The number of carbonyl (C=O) groups excluding carboxylic acids is 5. The molecule has 2 aromatic carbocycles. The van der Waals surface area contributed by atoms with Crippen LogP contribution in [0.1, 0.15) is 76.8 Å². The number of hydrogen-bond donors (Lipinski definition) is 2. The average Bonchev–Trinajstić information content (AvgIpc) is 3.12. The number of hydrogen-bond acceptors (Lipinski definition) is 8. The quantitative estimate of drug-likeness (QED) is 0.271. The Morgan fingerprint density at radius 3 is 2.25 bits per heavy atom. The van der Waals surface area contributed by atoms with Gasteiger partial charge in [-0.1, -0.05) is 42.5 Å². The normalized spacial score (nSPS) is 17.2. The van der Waals surface area contributed by atoms with Crippen molar-refractivity contribution in [1.29, 1.82) is 0 Å². The summed E-state index contributed by atoms with van der Waals surface area (Å²) in [7, 11) is 1.60. The molecule has 51 heavy (non-hydrogen) atoms. The fraction of sp³-hybridized carbons (Fsp3) is 0.564. The second kappa shape index (κ2) is 19.1. The van der Waals surface area contributed by atoms with Crippen molar-refractivity contribution in [1.82, 2.24) is 20.4 Å². The van der Waals surface area contributed by atoms with Crippen molar-refractivity contribution in [2.45, 2.75) is 90.4 Å². The van der Waals surface area contributed by atoms with E-state index in [1.54, 1.807) is 16.9 Å². The molecule has 2 fully saturated rings. The second-order valence-electron chi connectivity index (χ2n) is 14.4. The molecule has 0 aliphatic carbocycles. The summed E-state index contributed by atoms with van der Waals surface area (Å²) < 4.78 is 16.2. The molecule has 12 nitrogen and oxygen atoms in total. The SMILES string of the molecule is COc1ccc(CCNC(=O)C[C@H](NC(=O)[C@@H]2CCCN(C(=O)CCC3CCN(C(=O)OC(C)(C)C)CC3)C2)C(=O)OCc2ccccc2)cc1. The molecule has 4 rings (SSSR count). The van der Waals surface area contributed by atoms with E-state index in [9.17, 15) is 24.0 Å². The Morgan fingerprint density at radius 1 is 0.882 bits per heavy atom. The van der Waals surface area contributed by atoms with Crippen molar-refractivity contribution in [3.63, 3.8) is 0 Å². The molecule has 2 aliphatic heterocycles. The van der Waals surface area contributed by atoms with Crippen LogP contribution in [0.15, 0.2) is 54.6 Å². The molecule has 2 aromatic rings. The van der Waals surface area contributed by atoms with Crippen LogP contribution in [0, 0.1) is 11.8 Å². The lowest BCUT2D eigenvalue weighted by Crippen LogP contribution is -2.51. The summed E-state index contributed by atoms with van der Waals surface area (Å²) in [6.45, 7) is 7.95. The molecule has 2 N–H and O–H groups in total. The van der Waals surface area contributed by atoms with E-state index >= 15 is 0 Å². The van der Waals surface area contributed by atoms with Crippen molar-refractivity contribution in [2.24, 2.45) is 11.8 Å². The van der Waals surface area contributed by atoms with Crippen LogP contribution in [0.25, 0.3) is 0 Å². The van der Waals surface area contributed by atoms with Gasteiger partial charge in [-0.25, -0.2) is 9.59 Å². The highest BCUT2D eigenvalue weighted by molar-refractivity contribution is 5.90. The third kappa shape index (κ3) is 13.2. The van der Waals surface area contributed by atoms with Gasteiger partial charge >= 0.3 is 12.1 Å². The lowest BCUT2D eigenvalue weighted by molar-refractivity contribution is -0.151. The van der Waals surface area contributed by atoms with Crippen LogP contribution in [-0.4, -0.2) is 91.1 Å². The lowest BCUT2D eigenvalue weighted by atomic mass is 9.91. The van der Waals surface area contributed by atoms with Gasteiger partial charge in [0.05, 0.1) is 19.4 Å². The van der Waals surface area contributed by atoms with Crippen LogP contribution in [0.5, 0.6) is 5.75 Å². The van der Waals surface area contributed by atoms with Gasteiger partial charge in [-0.15, -0.1) is 0 Å². The minimum Gasteiger partial charge on any atom is -0.497 e. The zero-order chi connectivity index (χ0) is 36.8. The zero-order valence-electron chi connectivity index (χ0n) is 30.5. The van der Waals surface area contributed by atoms with Crippen LogP contribution < -0.4 is 15.4 Å². The largest absolute Gasteiger partial charge is 0.497 e. The van der Waals surface area contributed by atoms with Crippen LogP contribution in [-0.2, 0) is 41.7 Å². The molecule has 12 heteroatoms. The van der Waals surface area contributed by atoms with Gasteiger partial charge in [0.2, 0.25) is 17.7 Å². The molecule has 0 saturated carbocycles. The molecule has 0 bridgehead atoms. The minimum absolute atomic E-state index is 0.00266. The molecule has 278 valence electrons. The van der Waals surface area contributed by atoms with Gasteiger partial charge in [-0.05, 0) is 88.5 Å². The number of carbonyl (C=O) groups is 5. The summed E-state index contributed by atoms with van der Waals surface area (Å²) in [6.07, 6.45) is 3.96. The molecule has 2 atom stereocenters. The van der Waals surface area contributed by atoms with E-state index in [-0.39, 0.29) is 43.4 Å². The van der Waals surface area contributed by atoms with Crippen molar-refractivity contribution in [3.05, 3.63) is 65.7 Å². The second-order valence-corrected chi connectivity index (χ2v) is 14.4.